The van der Waals surface area contributed by atoms with E-state index in [-0.39, 0.29) is 11.6 Å². The Balaban J connectivity index is 2.49. The van der Waals surface area contributed by atoms with E-state index in [1.807, 2.05) is 18.5 Å². The van der Waals surface area contributed by atoms with E-state index in [0.29, 0.717) is 18.5 Å². The highest BCUT2D eigenvalue weighted by molar-refractivity contribution is 9.10. The van der Waals surface area contributed by atoms with E-state index in [1.165, 1.54) is 12.1 Å². The summed E-state index contributed by atoms with van der Waals surface area (Å²) in [5.41, 5.74) is 3.25. The van der Waals surface area contributed by atoms with Crippen LogP contribution in [0.2, 0.25) is 0 Å². The number of rotatable bonds is 5. The van der Waals surface area contributed by atoms with Crippen molar-refractivity contribution in [2.24, 2.45) is 0 Å². The van der Waals surface area contributed by atoms with Crippen LogP contribution in [0.15, 0.2) is 22.7 Å². The molecule has 2 aromatic rings. The lowest BCUT2D eigenvalue weighted by atomic mass is 10.1. The van der Waals surface area contributed by atoms with Crippen LogP contribution in [0.3, 0.4) is 0 Å². The third-order valence-corrected chi connectivity index (χ3v) is 4.25. The van der Waals surface area contributed by atoms with Crippen LogP contribution in [0.4, 0.5) is 4.39 Å². The lowest BCUT2D eigenvalue weighted by Gasteiger charge is -2.09. The molecule has 0 amide bonds. The van der Waals surface area contributed by atoms with Gasteiger partial charge in [-0.05, 0) is 43.5 Å². The fourth-order valence-corrected chi connectivity index (χ4v) is 2.89. The zero-order valence-electron chi connectivity index (χ0n) is 12.4. The lowest BCUT2D eigenvalue weighted by Crippen LogP contribution is -2.08. The molecular formula is C16H18BrFN2O. The average Bonchev–Trinajstić information content (AvgIpc) is 2.80. The van der Waals surface area contributed by atoms with Gasteiger partial charge < -0.3 is 0 Å². The van der Waals surface area contributed by atoms with Crippen LogP contribution in [-0.4, -0.2) is 15.6 Å². The van der Waals surface area contributed by atoms with Crippen molar-refractivity contribution in [3.05, 3.63) is 51.0 Å². The molecule has 3 nitrogen and oxygen atoms in total. The first kappa shape index (κ1) is 15.9. The second-order valence-corrected chi connectivity index (χ2v) is 5.78. The molecule has 1 aromatic heterocycles. The Hall–Kier alpha value is -1.49. The first-order valence-corrected chi connectivity index (χ1v) is 7.80. The summed E-state index contributed by atoms with van der Waals surface area (Å²) in [5.74, 6) is -0.242. The van der Waals surface area contributed by atoms with E-state index in [1.54, 1.807) is 13.0 Å². The Bertz CT molecular complexity index is 679. The van der Waals surface area contributed by atoms with E-state index in [4.69, 9.17) is 0 Å². The number of aryl methyl sites for hydroxylation is 1. The number of hydrogen-bond donors (Lipinski definition) is 0. The maximum absolute atomic E-state index is 13.4. The molecule has 0 bridgehead atoms. The number of Topliss-reactive ketones (excluding diaryl/α,β-unsaturated/α-hetero) is 1. The number of nitrogens with zero attached hydrogens (tertiary/aromatic N) is 2. The predicted octanol–water partition coefficient (Wildman–Crippen LogP) is 4.16. The van der Waals surface area contributed by atoms with Crippen molar-refractivity contribution in [3.8, 4) is 0 Å². The van der Waals surface area contributed by atoms with E-state index in [0.717, 1.165) is 27.8 Å². The number of ketones is 1. The molecule has 5 heteroatoms. The van der Waals surface area contributed by atoms with Crippen molar-refractivity contribution in [1.29, 1.82) is 0 Å². The third-order valence-electron chi connectivity index (χ3n) is 3.48. The topological polar surface area (TPSA) is 34.9 Å². The highest BCUT2D eigenvalue weighted by Gasteiger charge is 2.19. The second kappa shape index (κ2) is 6.52. The number of aromatic nitrogens is 2. The largest absolute Gasteiger partial charge is 0.294 e. The van der Waals surface area contributed by atoms with Gasteiger partial charge in [0.2, 0.25) is 0 Å². The summed E-state index contributed by atoms with van der Waals surface area (Å²) < 4.78 is 16.1. The Kier molecular flexibility index (Phi) is 4.93. The van der Waals surface area contributed by atoms with E-state index in [9.17, 15) is 9.18 Å². The van der Waals surface area contributed by atoms with E-state index >= 15 is 0 Å². The minimum absolute atomic E-state index is 0.0354. The number of hydrogen-bond acceptors (Lipinski definition) is 2. The standard InChI is InChI=1S/C16H18BrFN2O/c1-4-14-16(10(3)21)15(5-2)20(19-14)9-11-8-12(18)6-7-13(11)17/h6-8H,4-5,9H2,1-3H3. The van der Waals surface area contributed by atoms with Crippen LogP contribution in [0.1, 0.15) is 48.1 Å². The summed E-state index contributed by atoms with van der Waals surface area (Å²) in [6, 6.07) is 4.59. The van der Waals surface area contributed by atoms with Gasteiger partial charge in [-0.3, -0.25) is 9.48 Å². The average molecular weight is 353 g/mol. The lowest BCUT2D eigenvalue weighted by molar-refractivity contribution is 0.101. The van der Waals surface area contributed by atoms with Crippen molar-refractivity contribution < 1.29 is 9.18 Å². The summed E-state index contributed by atoms with van der Waals surface area (Å²) in [6.45, 7) is 6.00. The Morgan fingerprint density at radius 3 is 2.62 bits per heavy atom. The van der Waals surface area contributed by atoms with Crippen LogP contribution < -0.4 is 0 Å². The zero-order valence-corrected chi connectivity index (χ0v) is 14.0. The molecule has 0 saturated heterocycles. The maximum atomic E-state index is 13.4. The zero-order chi connectivity index (χ0) is 15.6. The fraction of sp³-hybridized carbons (Fsp3) is 0.375. The van der Waals surface area contributed by atoms with Gasteiger partial charge in [-0.1, -0.05) is 29.8 Å². The molecule has 0 aliphatic carbocycles. The van der Waals surface area contributed by atoms with Gasteiger partial charge in [0.25, 0.3) is 0 Å². The molecule has 0 radical (unpaired) electrons. The van der Waals surface area contributed by atoms with Crippen LogP contribution in [0.25, 0.3) is 0 Å². The molecule has 0 N–H and O–H groups in total. The van der Waals surface area contributed by atoms with Crippen molar-refractivity contribution in [1.82, 2.24) is 9.78 Å². The van der Waals surface area contributed by atoms with Crippen molar-refractivity contribution >= 4 is 21.7 Å². The summed E-state index contributed by atoms with van der Waals surface area (Å²) in [5, 5.41) is 4.54. The third kappa shape index (κ3) is 3.23. The Labute approximate surface area is 132 Å². The molecule has 112 valence electrons. The number of halogens is 2. The van der Waals surface area contributed by atoms with Crippen molar-refractivity contribution in [2.75, 3.05) is 0 Å². The van der Waals surface area contributed by atoms with Gasteiger partial charge in [0.15, 0.2) is 5.78 Å². The normalized spacial score (nSPS) is 10.9. The van der Waals surface area contributed by atoms with Gasteiger partial charge >= 0.3 is 0 Å². The number of carbonyl (C=O) groups excluding carboxylic acids is 1. The fourth-order valence-electron chi connectivity index (χ4n) is 2.52. The van der Waals surface area contributed by atoms with Crippen molar-refractivity contribution in [2.45, 2.75) is 40.2 Å². The number of benzene rings is 1. The molecule has 0 saturated carbocycles. The molecule has 1 aromatic carbocycles. The monoisotopic (exact) mass is 352 g/mol. The molecule has 2 rings (SSSR count). The maximum Gasteiger partial charge on any atom is 0.163 e. The minimum Gasteiger partial charge on any atom is -0.294 e. The van der Waals surface area contributed by atoms with Gasteiger partial charge in [-0.15, -0.1) is 0 Å². The van der Waals surface area contributed by atoms with Gasteiger partial charge in [0.05, 0.1) is 17.8 Å². The van der Waals surface area contributed by atoms with Gasteiger partial charge in [0, 0.05) is 10.2 Å². The minimum atomic E-state index is -0.277. The van der Waals surface area contributed by atoms with Crippen molar-refractivity contribution in [3.63, 3.8) is 0 Å². The first-order chi connectivity index (χ1) is 9.97. The smallest absolute Gasteiger partial charge is 0.163 e. The molecule has 0 spiro atoms. The summed E-state index contributed by atoms with van der Waals surface area (Å²) in [6.07, 6.45) is 1.42. The van der Waals surface area contributed by atoms with Gasteiger partial charge in [0.1, 0.15) is 5.82 Å². The highest BCUT2D eigenvalue weighted by Crippen LogP contribution is 2.22. The molecule has 0 fully saturated rings. The second-order valence-electron chi connectivity index (χ2n) is 4.93. The van der Waals surface area contributed by atoms with Gasteiger partial charge in [-0.2, -0.15) is 5.10 Å². The molecule has 1 heterocycles. The Morgan fingerprint density at radius 1 is 1.33 bits per heavy atom. The first-order valence-electron chi connectivity index (χ1n) is 7.01. The van der Waals surface area contributed by atoms with Crippen LogP contribution in [0, 0.1) is 5.82 Å². The molecule has 0 aliphatic rings. The van der Waals surface area contributed by atoms with E-state index in [2.05, 4.69) is 21.0 Å². The summed E-state index contributed by atoms with van der Waals surface area (Å²) in [4.78, 5) is 11.9. The molecular weight excluding hydrogens is 335 g/mol. The van der Waals surface area contributed by atoms with E-state index < -0.39 is 0 Å². The predicted molar refractivity (Wildman–Crippen MR) is 84.2 cm³/mol. The van der Waals surface area contributed by atoms with Crippen LogP contribution in [-0.2, 0) is 19.4 Å². The summed E-state index contributed by atoms with van der Waals surface area (Å²) in [7, 11) is 0. The Morgan fingerprint density at radius 2 is 2.05 bits per heavy atom. The molecule has 21 heavy (non-hydrogen) atoms. The van der Waals surface area contributed by atoms with Gasteiger partial charge in [-0.25, -0.2) is 4.39 Å². The molecule has 0 unspecified atom stereocenters. The molecule has 0 aliphatic heterocycles. The quantitative estimate of drug-likeness (QED) is 0.757. The van der Waals surface area contributed by atoms with Crippen LogP contribution in [0.5, 0.6) is 0 Å². The number of carbonyl (C=O) groups is 1. The highest BCUT2D eigenvalue weighted by atomic mass is 79.9. The van der Waals surface area contributed by atoms with Crippen LogP contribution >= 0.6 is 15.9 Å². The SMILES string of the molecule is CCc1nn(Cc2cc(F)ccc2Br)c(CC)c1C(C)=O. The molecule has 0 atom stereocenters. The summed E-state index contributed by atoms with van der Waals surface area (Å²) >= 11 is 3.43.